The normalized spacial score (nSPS) is 23.5. The van der Waals surface area contributed by atoms with E-state index in [1.54, 1.807) is 0 Å². The molecule has 0 aliphatic heterocycles. The van der Waals surface area contributed by atoms with E-state index in [0.717, 1.165) is 17.7 Å². The van der Waals surface area contributed by atoms with E-state index in [1.165, 1.54) is 19.3 Å². The van der Waals surface area contributed by atoms with Gasteiger partial charge < -0.3 is 10.3 Å². The summed E-state index contributed by atoms with van der Waals surface area (Å²) >= 11 is 0. The van der Waals surface area contributed by atoms with Crippen LogP contribution < -0.4 is 5.73 Å². The second-order valence-corrected chi connectivity index (χ2v) is 6.44. The molecule has 1 heterocycles. The summed E-state index contributed by atoms with van der Waals surface area (Å²) in [6.45, 7) is 9.05. The lowest BCUT2D eigenvalue weighted by Gasteiger charge is -2.25. The SMILES string of the molecule is CC(C)Cc1c(N)noc1C1CCCC1(C)C. The highest BCUT2D eigenvalue weighted by Gasteiger charge is 2.39. The Labute approximate surface area is 104 Å². The van der Waals surface area contributed by atoms with E-state index >= 15 is 0 Å². The quantitative estimate of drug-likeness (QED) is 0.869. The molecule has 2 rings (SSSR count). The van der Waals surface area contributed by atoms with Gasteiger partial charge in [-0.2, -0.15) is 0 Å². The van der Waals surface area contributed by atoms with Gasteiger partial charge in [0, 0.05) is 11.5 Å². The van der Waals surface area contributed by atoms with Crippen molar-refractivity contribution >= 4 is 5.82 Å². The van der Waals surface area contributed by atoms with E-state index in [4.69, 9.17) is 10.3 Å². The van der Waals surface area contributed by atoms with Crippen LogP contribution in [0.15, 0.2) is 4.52 Å². The first-order valence-electron chi connectivity index (χ1n) is 6.65. The highest BCUT2D eigenvalue weighted by Crippen LogP contribution is 2.50. The largest absolute Gasteiger partial charge is 0.381 e. The number of anilines is 1. The minimum absolute atomic E-state index is 0.317. The number of hydrogen-bond acceptors (Lipinski definition) is 3. The zero-order valence-electron chi connectivity index (χ0n) is 11.4. The summed E-state index contributed by atoms with van der Waals surface area (Å²) in [6.07, 6.45) is 4.71. The molecule has 3 nitrogen and oxygen atoms in total. The molecular weight excluding hydrogens is 212 g/mol. The maximum absolute atomic E-state index is 5.94. The van der Waals surface area contributed by atoms with Gasteiger partial charge in [-0.3, -0.25) is 0 Å². The van der Waals surface area contributed by atoms with Crippen LogP contribution >= 0.6 is 0 Å². The maximum atomic E-state index is 5.94. The molecule has 0 bridgehead atoms. The van der Waals surface area contributed by atoms with Crippen molar-refractivity contribution in [1.82, 2.24) is 5.16 Å². The van der Waals surface area contributed by atoms with Crippen molar-refractivity contribution in [3.63, 3.8) is 0 Å². The molecule has 0 amide bonds. The summed E-state index contributed by atoms with van der Waals surface area (Å²) in [6, 6.07) is 0. The third-order valence-electron chi connectivity index (χ3n) is 4.04. The van der Waals surface area contributed by atoms with Crippen molar-refractivity contribution in [2.45, 2.75) is 59.3 Å². The van der Waals surface area contributed by atoms with Crippen LogP contribution in [0.1, 0.15) is 64.2 Å². The van der Waals surface area contributed by atoms with E-state index in [9.17, 15) is 0 Å². The predicted molar refractivity (Wildman–Crippen MR) is 69.8 cm³/mol. The van der Waals surface area contributed by atoms with Gasteiger partial charge in [-0.05, 0) is 30.6 Å². The first-order chi connectivity index (χ1) is 7.92. The van der Waals surface area contributed by atoms with Crippen LogP contribution in [0.5, 0.6) is 0 Å². The van der Waals surface area contributed by atoms with E-state index in [2.05, 4.69) is 32.9 Å². The summed E-state index contributed by atoms with van der Waals surface area (Å²) in [5.74, 6) is 2.72. The molecule has 0 saturated heterocycles. The minimum Gasteiger partial charge on any atom is -0.381 e. The van der Waals surface area contributed by atoms with Crippen molar-refractivity contribution in [1.29, 1.82) is 0 Å². The van der Waals surface area contributed by atoms with Gasteiger partial charge in [0.05, 0.1) is 0 Å². The van der Waals surface area contributed by atoms with Crippen LogP contribution in [0.2, 0.25) is 0 Å². The van der Waals surface area contributed by atoms with E-state index in [1.807, 2.05) is 0 Å². The Hall–Kier alpha value is -0.990. The molecule has 0 radical (unpaired) electrons. The molecule has 96 valence electrons. The molecule has 0 spiro atoms. The van der Waals surface area contributed by atoms with Gasteiger partial charge in [0.1, 0.15) is 5.76 Å². The Morgan fingerprint density at radius 2 is 2.18 bits per heavy atom. The number of rotatable bonds is 3. The Bertz CT molecular complexity index is 393. The molecule has 1 aromatic rings. The molecule has 1 fully saturated rings. The van der Waals surface area contributed by atoms with Crippen molar-refractivity contribution in [3.05, 3.63) is 11.3 Å². The number of hydrogen-bond donors (Lipinski definition) is 1. The lowest BCUT2D eigenvalue weighted by atomic mass is 9.79. The van der Waals surface area contributed by atoms with Gasteiger partial charge in [-0.1, -0.05) is 39.3 Å². The summed E-state index contributed by atoms with van der Waals surface area (Å²) in [5, 5.41) is 3.98. The van der Waals surface area contributed by atoms with Crippen LogP contribution in [-0.2, 0) is 6.42 Å². The van der Waals surface area contributed by atoms with Crippen molar-refractivity contribution in [2.75, 3.05) is 5.73 Å². The van der Waals surface area contributed by atoms with E-state index in [-0.39, 0.29) is 0 Å². The number of nitrogens with two attached hydrogens (primary N) is 1. The van der Waals surface area contributed by atoms with Gasteiger partial charge in [0.15, 0.2) is 5.82 Å². The van der Waals surface area contributed by atoms with Crippen LogP contribution in [0.4, 0.5) is 5.82 Å². The molecule has 1 unspecified atom stereocenters. The number of aromatic nitrogens is 1. The third kappa shape index (κ3) is 2.33. The highest BCUT2D eigenvalue weighted by molar-refractivity contribution is 5.42. The highest BCUT2D eigenvalue weighted by atomic mass is 16.5. The second-order valence-electron chi connectivity index (χ2n) is 6.44. The van der Waals surface area contributed by atoms with Crippen LogP contribution in [-0.4, -0.2) is 5.16 Å². The van der Waals surface area contributed by atoms with Crippen LogP contribution in [0, 0.1) is 11.3 Å². The van der Waals surface area contributed by atoms with E-state index < -0.39 is 0 Å². The molecular formula is C14H24N2O. The average molecular weight is 236 g/mol. The van der Waals surface area contributed by atoms with Crippen LogP contribution in [0.3, 0.4) is 0 Å². The Morgan fingerprint density at radius 3 is 2.71 bits per heavy atom. The fourth-order valence-electron chi connectivity index (χ4n) is 3.03. The van der Waals surface area contributed by atoms with Crippen LogP contribution in [0.25, 0.3) is 0 Å². The second kappa shape index (κ2) is 4.35. The smallest absolute Gasteiger partial charge is 0.170 e. The van der Waals surface area contributed by atoms with Gasteiger partial charge in [-0.25, -0.2) is 0 Å². The lowest BCUT2D eigenvalue weighted by Crippen LogP contribution is -2.16. The van der Waals surface area contributed by atoms with E-state index in [0.29, 0.717) is 23.1 Å². The fraction of sp³-hybridized carbons (Fsp3) is 0.786. The first kappa shape index (κ1) is 12.5. The number of nitrogen functional groups attached to an aromatic ring is 1. The molecule has 17 heavy (non-hydrogen) atoms. The standard InChI is InChI=1S/C14H24N2O/c1-9(2)8-10-12(17-16-13(10)15)11-6-5-7-14(11,3)4/h9,11H,5-8H2,1-4H3,(H2,15,16). The third-order valence-corrected chi connectivity index (χ3v) is 4.04. The molecule has 2 N–H and O–H groups in total. The molecule has 1 aliphatic rings. The summed E-state index contributed by atoms with van der Waals surface area (Å²) in [5.41, 5.74) is 7.41. The van der Waals surface area contributed by atoms with Gasteiger partial charge >= 0.3 is 0 Å². The molecule has 0 aromatic carbocycles. The summed E-state index contributed by atoms with van der Waals surface area (Å²) < 4.78 is 5.54. The Balaban J connectivity index is 2.32. The Morgan fingerprint density at radius 1 is 1.47 bits per heavy atom. The van der Waals surface area contributed by atoms with Crippen molar-refractivity contribution < 1.29 is 4.52 Å². The topological polar surface area (TPSA) is 52.0 Å². The molecule has 3 heteroatoms. The summed E-state index contributed by atoms with van der Waals surface area (Å²) in [7, 11) is 0. The zero-order chi connectivity index (χ0) is 12.6. The predicted octanol–water partition coefficient (Wildman–Crippen LogP) is 3.75. The first-order valence-corrected chi connectivity index (χ1v) is 6.65. The number of nitrogens with zero attached hydrogens (tertiary/aromatic N) is 1. The van der Waals surface area contributed by atoms with Gasteiger partial charge in [0.2, 0.25) is 0 Å². The lowest BCUT2D eigenvalue weighted by molar-refractivity contribution is 0.266. The van der Waals surface area contributed by atoms with Crippen molar-refractivity contribution in [2.24, 2.45) is 11.3 Å². The maximum Gasteiger partial charge on any atom is 0.170 e. The molecule has 1 saturated carbocycles. The monoisotopic (exact) mass is 236 g/mol. The molecule has 1 aromatic heterocycles. The zero-order valence-corrected chi connectivity index (χ0v) is 11.4. The van der Waals surface area contributed by atoms with Crippen molar-refractivity contribution in [3.8, 4) is 0 Å². The fourth-order valence-corrected chi connectivity index (χ4v) is 3.03. The molecule has 1 atom stereocenters. The minimum atomic E-state index is 0.317. The van der Waals surface area contributed by atoms with Gasteiger partial charge in [-0.15, -0.1) is 0 Å². The van der Waals surface area contributed by atoms with Gasteiger partial charge in [0.25, 0.3) is 0 Å². The summed E-state index contributed by atoms with van der Waals surface area (Å²) in [4.78, 5) is 0. The Kier molecular flexibility index (Phi) is 3.19. The molecule has 1 aliphatic carbocycles. The average Bonchev–Trinajstić information content (AvgIpc) is 2.71.